The number of ether oxygens (including phenoxy) is 2. The van der Waals surface area contributed by atoms with Crippen molar-refractivity contribution in [2.75, 3.05) is 13.7 Å². The van der Waals surface area contributed by atoms with Crippen molar-refractivity contribution >= 4 is 39.4 Å². The topological polar surface area (TPSA) is 92.4 Å². The number of aromatic nitrogens is 3. The smallest absolute Gasteiger partial charge is 0.336 e. The first kappa shape index (κ1) is 24.1. The van der Waals surface area contributed by atoms with Gasteiger partial charge in [-0.3, -0.25) is 19.1 Å². The molecule has 8 nitrogen and oxygen atoms in total. The minimum absolute atomic E-state index is 0.194. The average Bonchev–Trinajstić information content (AvgIpc) is 2.89. The van der Waals surface area contributed by atoms with E-state index in [9.17, 15) is 14.4 Å². The summed E-state index contributed by atoms with van der Waals surface area (Å²) in [6.45, 7) is 2.13. The molecule has 0 bridgehead atoms. The maximum atomic E-state index is 14.1. The molecule has 0 atom stereocenters. The number of nitrogens with zero attached hydrogens (tertiary/aromatic N) is 3. The van der Waals surface area contributed by atoms with Crippen LogP contribution in [0.4, 0.5) is 0 Å². The Hall–Kier alpha value is -3.65. The largest absolute Gasteiger partial charge is 0.494 e. The number of methoxy groups -OCH3 is 1. The van der Waals surface area contributed by atoms with Crippen molar-refractivity contribution in [2.24, 2.45) is 5.92 Å². The van der Waals surface area contributed by atoms with Crippen molar-refractivity contribution in [3.8, 4) is 11.4 Å². The quantitative estimate of drug-likeness (QED) is 0.288. The number of fused-ring (bicyclic) bond motifs is 3. The van der Waals surface area contributed by atoms with Gasteiger partial charge in [-0.05, 0) is 56.9 Å². The van der Waals surface area contributed by atoms with Crippen LogP contribution in [-0.2, 0) is 9.53 Å². The highest BCUT2D eigenvalue weighted by Gasteiger charge is 2.31. The Bertz CT molecular complexity index is 1580. The predicted octanol–water partition coefficient (Wildman–Crippen LogP) is 4.66. The second kappa shape index (κ2) is 9.78. The van der Waals surface area contributed by atoms with E-state index in [1.165, 1.54) is 6.20 Å². The van der Waals surface area contributed by atoms with E-state index in [1.807, 2.05) is 12.1 Å². The standard InChI is InChI=1S/C27H26ClN3O5/c1-3-36-26(33)16-10-12-18(13-11-16)30-24-20-8-5-9-22(35-2)23(20)29-15-21(24)25(32)31(27(30)34)19-7-4-6-17(28)14-19/h4-9,14-16,18H,3,10-13H2,1-2H3/t16-,18-. The van der Waals surface area contributed by atoms with Gasteiger partial charge in [-0.25, -0.2) is 9.36 Å². The van der Waals surface area contributed by atoms with E-state index < -0.39 is 11.2 Å². The first-order valence-electron chi connectivity index (χ1n) is 12.0. The van der Waals surface area contributed by atoms with Crippen LogP contribution < -0.4 is 16.0 Å². The van der Waals surface area contributed by atoms with Crippen LogP contribution in [0.25, 0.3) is 27.5 Å². The van der Waals surface area contributed by atoms with Gasteiger partial charge in [0, 0.05) is 22.6 Å². The monoisotopic (exact) mass is 507 g/mol. The number of para-hydroxylation sites is 1. The molecule has 36 heavy (non-hydrogen) atoms. The first-order valence-corrected chi connectivity index (χ1v) is 12.4. The second-order valence-corrected chi connectivity index (χ2v) is 9.34. The number of hydrogen-bond donors (Lipinski definition) is 0. The lowest BCUT2D eigenvalue weighted by molar-refractivity contribution is -0.149. The van der Waals surface area contributed by atoms with Crippen LogP contribution in [0.3, 0.4) is 0 Å². The molecule has 9 heteroatoms. The van der Waals surface area contributed by atoms with Crippen molar-refractivity contribution < 1.29 is 14.3 Å². The molecule has 1 aliphatic rings. The van der Waals surface area contributed by atoms with E-state index in [2.05, 4.69) is 4.98 Å². The number of halogens is 1. The normalized spacial score (nSPS) is 17.9. The van der Waals surface area contributed by atoms with Crippen molar-refractivity contribution in [3.05, 3.63) is 74.5 Å². The van der Waals surface area contributed by atoms with Crippen LogP contribution in [0, 0.1) is 5.92 Å². The summed E-state index contributed by atoms with van der Waals surface area (Å²) in [7, 11) is 1.56. The molecule has 0 amide bonds. The van der Waals surface area contributed by atoms with Gasteiger partial charge in [0.15, 0.2) is 0 Å². The van der Waals surface area contributed by atoms with Crippen LogP contribution >= 0.6 is 11.6 Å². The molecule has 2 aromatic carbocycles. The van der Waals surface area contributed by atoms with E-state index in [1.54, 1.807) is 48.9 Å². The van der Waals surface area contributed by atoms with Gasteiger partial charge in [0.2, 0.25) is 0 Å². The highest BCUT2D eigenvalue weighted by atomic mass is 35.5. The third-order valence-corrected chi connectivity index (χ3v) is 7.11. The van der Waals surface area contributed by atoms with Crippen LogP contribution in [0.5, 0.6) is 5.75 Å². The third-order valence-electron chi connectivity index (χ3n) is 6.87. The summed E-state index contributed by atoms with van der Waals surface area (Å²) in [5, 5.41) is 1.40. The molecule has 1 aliphatic carbocycles. The lowest BCUT2D eigenvalue weighted by Gasteiger charge is -2.30. The highest BCUT2D eigenvalue weighted by molar-refractivity contribution is 6.30. The van der Waals surface area contributed by atoms with Gasteiger partial charge >= 0.3 is 11.7 Å². The molecule has 0 radical (unpaired) electrons. The van der Waals surface area contributed by atoms with Gasteiger partial charge in [0.05, 0.1) is 36.2 Å². The molecular formula is C27H26ClN3O5. The highest BCUT2D eigenvalue weighted by Crippen LogP contribution is 2.36. The summed E-state index contributed by atoms with van der Waals surface area (Å²) < 4.78 is 13.6. The first-order chi connectivity index (χ1) is 17.4. The Morgan fingerprint density at radius 3 is 2.53 bits per heavy atom. The molecule has 0 aliphatic heterocycles. The molecule has 2 aromatic heterocycles. The minimum Gasteiger partial charge on any atom is -0.494 e. The van der Waals surface area contributed by atoms with Gasteiger partial charge in [-0.2, -0.15) is 0 Å². The van der Waals surface area contributed by atoms with Gasteiger partial charge in [-0.1, -0.05) is 29.8 Å². The van der Waals surface area contributed by atoms with E-state index in [0.717, 1.165) is 4.57 Å². The van der Waals surface area contributed by atoms with Gasteiger partial charge in [0.1, 0.15) is 11.3 Å². The summed E-state index contributed by atoms with van der Waals surface area (Å²) in [5.74, 6) is 0.162. The van der Waals surface area contributed by atoms with E-state index in [-0.39, 0.29) is 17.9 Å². The molecule has 186 valence electrons. The Morgan fingerprint density at radius 2 is 1.83 bits per heavy atom. The zero-order valence-electron chi connectivity index (χ0n) is 20.1. The number of pyridine rings is 1. The zero-order chi connectivity index (χ0) is 25.4. The molecular weight excluding hydrogens is 482 g/mol. The number of rotatable bonds is 5. The summed E-state index contributed by atoms with van der Waals surface area (Å²) in [4.78, 5) is 44.6. The van der Waals surface area contributed by atoms with E-state index in [0.29, 0.717) is 70.6 Å². The SMILES string of the molecule is CCOC(=O)[C@H]1CC[C@H](n2c(=O)n(-c3cccc(Cl)c3)c(=O)c3cnc4c(OC)cccc4c32)CC1. The fourth-order valence-corrected chi connectivity index (χ4v) is 5.37. The lowest BCUT2D eigenvalue weighted by Crippen LogP contribution is -2.41. The Labute approximate surface area is 212 Å². The number of benzene rings is 2. The number of esters is 1. The molecule has 5 rings (SSSR count). The van der Waals surface area contributed by atoms with Crippen LogP contribution in [0.1, 0.15) is 38.6 Å². The van der Waals surface area contributed by atoms with Crippen LogP contribution in [-0.4, -0.2) is 33.8 Å². The molecule has 0 spiro atoms. The summed E-state index contributed by atoms with van der Waals surface area (Å²) in [6, 6.07) is 11.9. The fourth-order valence-electron chi connectivity index (χ4n) is 5.18. The van der Waals surface area contributed by atoms with E-state index in [4.69, 9.17) is 21.1 Å². The average molecular weight is 508 g/mol. The number of hydrogen-bond acceptors (Lipinski definition) is 6. The van der Waals surface area contributed by atoms with Crippen molar-refractivity contribution in [2.45, 2.75) is 38.6 Å². The molecule has 0 saturated heterocycles. The van der Waals surface area contributed by atoms with Gasteiger partial charge < -0.3 is 9.47 Å². The molecule has 1 saturated carbocycles. The Kier molecular flexibility index (Phi) is 6.53. The zero-order valence-corrected chi connectivity index (χ0v) is 20.8. The Morgan fingerprint density at radius 1 is 1.08 bits per heavy atom. The third kappa shape index (κ3) is 4.05. The molecule has 2 heterocycles. The van der Waals surface area contributed by atoms with Gasteiger partial charge in [0.25, 0.3) is 5.56 Å². The maximum Gasteiger partial charge on any atom is 0.336 e. The second-order valence-electron chi connectivity index (χ2n) is 8.91. The number of carbonyl (C=O) groups excluding carboxylic acids is 1. The lowest BCUT2D eigenvalue weighted by atomic mass is 9.85. The van der Waals surface area contributed by atoms with Crippen molar-refractivity contribution in [1.82, 2.24) is 14.1 Å². The summed E-state index contributed by atoms with van der Waals surface area (Å²) >= 11 is 6.19. The van der Waals surface area contributed by atoms with E-state index >= 15 is 0 Å². The van der Waals surface area contributed by atoms with Crippen LogP contribution in [0.15, 0.2) is 58.3 Å². The Balaban J connectivity index is 1.77. The molecule has 1 fully saturated rings. The van der Waals surface area contributed by atoms with Crippen molar-refractivity contribution in [3.63, 3.8) is 0 Å². The molecule has 4 aromatic rings. The minimum atomic E-state index is -0.467. The summed E-state index contributed by atoms with van der Waals surface area (Å²) in [6.07, 6.45) is 3.89. The fraction of sp³-hybridized carbons (Fsp3) is 0.333. The molecule has 0 N–H and O–H groups in total. The number of carbonyl (C=O) groups is 1. The molecule has 0 unspecified atom stereocenters. The van der Waals surface area contributed by atoms with Crippen LogP contribution in [0.2, 0.25) is 5.02 Å². The predicted molar refractivity (Wildman–Crippen MR) is 138 cm³/mol. The summed E-state index contributed by atoms with van der Waals surface area (Å²) in [5.41, 5.74) is 0.558. The maximum absolute atomic E-state index is 14.1. The van der Waals surface area contributed by atoms with Gasteiger partial charge in [-0.15, -0.1) is 0 Å². The van der Waals surface area contributed by atoms with Crippen molar-refractivity contribution in [1.29, 1.82) is 0 Å².